The van der Waals surface area contributed by atoms with Crippen LogP contribution in [0, 0.1) is 7.43 Å². The predicted molar refractivity (Wildman–Crippen MR) is 126 cm³/mol. The second-order valence-corrected chi connectivity index (χ2v) is 0. The van der Waals surface area contributed by atoms with Crippen LogP contribution in [0.2, 0.25) is 0 Å². The molecule has 22 heavy (non-hydrogen) atoms. The molecule has 0 unspecified atom stereocenters. The Hall–Kier alpha value is 0.688. The van der Waals surface area contributed by atoms with Crippen LogP contribution in [0.1, 0.15) is 141 Å². The van der Waals surface area contributed by atoms with Crippen molar-refractivity contribution in [1.29, 1.82) is 0 Å². The maximum absolute atomic E-state index is 2.00. The van der Waals surface area contributed by atoms with Crippen LogP contribution in [-0.2, 0) is 21.1 Å². The molecule has 0 fully saturated rings. The van der Waals surface area contributed by atoms with E-state index in [9.17, 15) is 0 Å². The fraction of sp³-hybridized carbons (Fsp3) is 0.952. The molecule has 1 heteroatoms. The molecule has 0 aromatic rings. The minimum Gasteiger partial charge on any atom is -0.358 e. The Kier molecular flexibility index (Phi) is 161000. The van der Waals surface area contributed by atoms with Crippen LogP contribution in [0.5, 0.6) is 0 Å². The average molecular weight is 506 g/mol. The molecular weight excluding hydrogens is 436 g/mol. The van der Waals surface area contributed by atoms with Gasteiger partial charge in [-0.15, -0.1) is 0 Å². The van der Waals surface area contributed by atoms with E-state index in [2.05, 4.69) is 0 Å². The molecule has 0 aliphatic heterocycles. The van der Waals surface area contributed by atoms with Gasteiger partial charge in [0, 0.05) is 21.1 Å². The van der Waals surface area contributed by atoms with Crippen molar-refractivity contribution < 1.29 is 21.1 Å². The molecule has 0 nitrogen and oxygen atoms in total. The summed E-state index contributed by atoms with van der Waals surface area (Å²) in [5.74, 6) is 0. The average Bonchev–Trinajstić information content (AvgIpc) is 2.45. The molecule has 0 aromatic carbocycles. The first-order chi connectivity index (χ1) is 7.00. The van der Waals surface area contributed by atoms with Crippen molar-refractivity contribution in [2.75, 3.05) is 0 Å². The van der Waals surface area contributed by atoms with Crippen LogP contribution in [0.3, 0.4) is 0 Å². The third-order valence-corrected chi connectivity index (χ3v) is 0. The fourth-order valence-corrected chi connectivity index (χ4v) is 0. The number of hydrogen-bond acceptors (Lipinski definition) is 0. The molecule has 0 bridgehead atoms. The quantitative estimate of drug-likeness (QED) is 0.287. The van der Waals surface area contributed by atoms with Gasteiger partial charge in [-0.25, -0.2) is 0 Å². The smallest absolute Gasteiger partial charge is 0 e. The van der Waals surface area contributed by atoms with Gasteiger partial charge >= 0.3 is 0 Å². The predicted octanol–water partition coefficient (Wildman–Crippen LogP) is 11.4. The van der Waals surface area contributed by atoms with Crippen molar-refractivity contribution in [2.24, 2.45) is 0 Å². The third kappa shape index (κ3) is 16900. The Morgan fingerprint density at radius 3 is 0.227 bits per heavy atom. The zero-order chi connectivity index (χ0) is 14.0. The molecule has 0 amide bonds. The minimum absolute atomic E-state index is 0. The molecule has 0 saturated carbocycles. The van der Waals surface area contributed by atoms with Crippen molar-refractivity contribution in [3.8, 4) is 0 Å². The minimum atomic E-state index is 0. The van der Waals surface area contributed by atoms with Gasteiger partial charge in [-0.2, -0.15) is 0 Å². The van der Waals surface area contributed by atoms with E-state index in [0.29, 0.717) is 0 Å². The topological polar surface area (TPSA) is 0 Å². The van der Waals surface area contributed by atoms with Gasteiger partial charge in [-0.3, -0.25) is 0 Å². The van der Waals surface area contributed by atoms with Gasteiger partial charge in [0.2, 0.25) is 0 Å². The van der Waals surface area contributed by atoms with Gasteiger partial charge in [0.05, 0.1) is 0 Å². The first kappa shape index (κ1) is 181. The SMILES string of the molecule is C.C.C.C.C.C.CC.CC.CC.CC.CC.CC.CC.[CH3-].[W]. The maximum Gasteiger partial charge on any atom is 0 e. The fourth-order valence-electron chi connectivity index (χ4n) is 0. The van der Waals surface area contributed by atoms with Crippen molar-refractivity contribution in [2.45, 2.75) is 141 Å². The van der Waals surface area contributed by atoms with Gasteiger partial charge in [0.25, 0.3) is 0 Å². The van der Waals surface area contributed by atoms with Crippen molar-refractivity contribution in [3.63, 3.8) is 0 Å². The summed E-state index contributed by atoms with van der Waals surface area (Å²) in [7, 11) is 0. The molecule has 0 atom stereocenters. The summed E-state index contributed by atoms with van der Waals surface area (Å²) < 4.78 is 0. The number of rotatable bonds is 0. The van der Waals surface area contributed by atoms with Gasteiger partial charge in [0.15, 0.2) is 0 Å². The van der Waals surface area contributed by atoms with E-state index in [1.54, 1.807) is 0 Å². The standard InChI is InChI=1S/7C2H6.6CH4.CH3.W/c7*1-2;;;;;;;;/h7*1-2H3;6*1H4;1H3;/q;;;;;;;;;;;;;-1;. The monoisotopic (exact) mass is 505 g/mol. The van der Waals surface area contributed by atoms with Crippen LogP contribution < -0.4 is 0 Å². The maximum atomic E-state index is 2.00. The van der Waals surface area contributed by atoms with E-state index in [0.717, 1.165) is 0 Å². The van der Waals surface area contributed by atoms with E-state index < -0.39 is 0 Å². The third-order valence-electron chi connectivity index (χ3n) is 0. The summed E-state index contributed by atoms with van der Waals surface area (Å²) in [4.78, 5) is 0. The Bertz CT molecular complexity index is 5.87. The second-order valence-electron chi connectivity index (χ2n) is 0. The summed E-state index contributed by atoms with van der Waals surface area (Å²) >= 11 is 0. The molecule has 0 aliphatic rings. The van der Waals surface area contributed by atoms with Gasteiger partial charge in [-0.05, 0) is 0 Å². The van der Waals surface area contributed by atoms with E-state index in [1.165, 1.54) is 0 Å². The van der Waals surface area contributed by atoms with Gasteiger partial charge in [-0.1, -0.05) is 141 Å². The first-order valence-corrected chi connectivity index (χ1v) is 7.00. The summed E-state index contributed by atoms with van der Waals surface area (Å²) in [5.41, 5.74) is 0. The molecule has 0 N–H and O–H groups in total. The molecule has 0 radical (unpaired) electrons. The zero-order valence-electron chi connectivity index (χ0n) is 15.4. The Morgan fingerprint density at radius 1 is 0.227 bits per heavy atom. The molecular formula is C21H69W-. The molecule has 0 heterocycles. The summed E-state index contributed by atoms with van der Waals surface area (Å²) in [5, 5.41) is 0. The van der Waals surface area contributed by atoms with Crippen LogP contribution in [-0.4, -0.2) is 0 Å². The first-order valence-electron chi connectivity index (χ1n) is 7.00. The molecule has 0 aliphatic carbocycles. The number of hydrogen-bond donors (Lipinski definition) is 0. The van der Waals surface area contributed by atoms with Crippen molar-refractivity contribution >= 4 is 0 Å². The van der Waals surface area contributed by atoms with Crippen LogP contribution in [0.25, 0.3) is 0 Å². The van der Waals surface area contributed by atoms with Crippen LogP contribution in [0.4, 0.5) is 0 Å². The van der Waals surface area contributed by atoms with E-state index in [1.807, 2.05) is 96.9 Å². The molecule has 160 valence electrons. The summed E-state index contributed by atoms with van der Waals surface area (Å²) in [6.07, 6.45) is 0. The zero-order valence-corrected chi connectivity index (χ0v) is 18.3. The second kappa shape index (κ2) is 19600. The normalized spacial score (nSPS) is 1.91. The van der Waals surface area contributed by atoms with Crippen molar-refractivity contribution in [1.82, 2.24) is 0 Å². The molecule has 0 saturated heterocycles. The van der Waals surface area contributed by atoms with Crippen LogP contribution >= 0.6 is 0 Å². The Balaban J connectivity index is -0.00000000188. The molecule has 0 spiro atoms. The summed E-state index contributed by atoms with van der Waals surface area (Å²) in [6.45, 7) is 28.0. The van der Waals surface area contributed by atoms with E-state index in [4.69, 9.17) is 0 Å². The van der Waals surface area contributed by atoms with Crippen molar-refractivity contribution in [3.05, 3.63) is 7.43 Å². The molecule has 0 rings (SSSR count). The van der Waals surface area contributed by atoms with E-state index in [-0.39, 0.29) is 73.1 Å². The Labute approximate surface area is 170 Å². The van der Waals surface area contributed by atoms with Crippen LogP contribution in [0.15, 0.2) is 0 Å². The van der Waals surface area contributed by atoms with Gasteiger partial charge in [0.1, 0.15) is 0 Å². The molecule has 0 aromatic heterocycles. The van der Waals surface area contributed by atoms with Gasteiger partial charge < -0.3 is 7.43 Å². The largest absolute Gasteiger partial charge is 0.358 e. The Morgan fingerprint density at radius 2 is 0.227 bits per heavy atom. The summed E-state index contributed by atoms with van der Waals surface area (Å²) in [6, 6.07) is 0. The van der Waals surface area contributed by atoms with E-state index >= 15 is 0 Å².